The van der Waals surface area contributed by atoms with Crippen LogP contribution in [0.1, 0.15) is 42.5 Å². The smallest absolute Gasteiger partial charge is 0.338 e. The van der Waals surface area contributed by atoms with E-state index in [4.69, 9.17) is 14.5 Å². The summed E-state index contributed by atoms with van der Waals surface area (Å²) in [7, 11) is 1.59. The molecule has 0 unspecified atom stereocenters. The van der Waals surface area contributed by atoms with Gasteiger partial charge in [0.1, 0.15) is 12.3 Å². The lowest BCUT2D eigenvalue weighted by molar-refractivity contribution is -0.139. The molecule has 4 heterocycles. The van der Waals surface area contributed by atoms with Crippen LogP contribution in [0, 0.1) is 0 Å². The standard InChI is InChI=1S/C37H34N4O5S/c1-3-46-36(44)32-33(24-11-5-4-6-12-24)38-37-41(34(32)25-15-17-27(45-2)18-16-25)35(43)30(47-37)21-26-22-40(29-14-8-7-13-28(26)29)23-31(42)39-19-9-10-20-39/h4-8,11-18,21-22,34H,3,9-10,19-20,23H2,1-2H3/b30-21+/t34-/m1/s1. The monoisotopic (exact) mass is 646 g/mol. The van der Waals surface area contributed by atoms with Gasteiger partial charge in [-0.2, -0.15) is 0 Å². The minimum Gasteiger partial charge on any atom is -0.497 e. The number of amides is 1. The van der Waals surface area contributed by atoms with Crippen molar-refractivity contribution < 1.29 is 19.1 Å². The Morgan fingerprint density at radius 2 is 1.70 bits per heavy atom. The molecule has 1 saturated heterocycles. The molecule has 2 aliphatic heterocycles. The molecule has 0 spiro atoms. The van der Waals surface area contributed by atoms with E-state index >= 15 is 0 Å². The highest BCUT2D eigenvalue weighted by Gasteiger charge is 2.35. The molecule has 0 aliphatic carbocycles. The van der Waals surface area contributed by atoms with E-state index in [2.05, 4.69) is 0 Å². The maximum atomic E-state index is 14.4. The number of aromatic nitrogens is 2. The molecule has 0 N–H and O–H groups in total. The van der Waals surface area contributed by atoms with Gasteiger partial charge < -0.3 is 18.9 Å². The van der Waals surface area contributed by atoms with Gasteiger partial charge in [-0.05, 0) is 49.6 Å². The molecule has 2 aromatic heterocycles. The van der Waals surface area contributed by atoms with Crippen LogP contribution in [0.2, 0.25) is 0 Å². The van der Waals surface area contributed by atoms with Crippen molar-refractivity contribution in [1.29, 1.82) is 0 Å². The van der Waals surface area contributed by atoms with Crippen molar-refractivity contribution in [3.05, 3.63) is 127 Å². The van der Waals surface area contributed by atoms with Crippen molar-refractivity contribution in [2.45, 2.75) is 32.4 Å². The van der Waals surface area contributed by atoms with Crippen molar-refractivity contribution in [1.82, 2.24) is 14.0 Å². The quantitative estimate of drug-likeness (QED) is 0.231. The van der Waals surface area contributed by atoms with Gasteiger partial charge in [0.15, 0.2) is 4.80 Å². The predicted octanol–water partition coefficient (Wildman–Crippen LogP) is 4.52. The molecular formula is C37H34N4O5S. The summed E-state index contributed by atoms with van der Waals surface area (Å²) in [6, 6.07) is 23.9. The first kappa shape index (κ1) is 30.4. The van der Waals surface area contributed by atoms with Crippen molar-refractivity contribution >= 4 is 45.9 Å². The highest BCUT2D eigenvalue weighted by molar-refractivity contribution is 7.07. The SMILES string of the molecule is CCOC(=O)C1=C(c2ccccc2)N=c2s/c(=C/c3cn(CC(=O)N4CCCC4)c4ccccc34)c(=O)n2[C@@H]1c1ccc(OC)cc1. The Kier molecular flexibility index (Phi) is 8.34. The van der Waals surface area contributed by atoms with Crippen LogP contribution in [0.25, 0.3) is 22.7 Å². The van der Waals surface area contributed by atoms with Crippen molar-refractivity contribution in [3.63, 3.8) is 0 Å². The van der Waals surface area contributed by atoms with Crippen LogP contribution in [-0.4, -0.2) is 52.7 Å². The summed E-state index contributed by atoms with van der Waals surface area (Å²) in [5.41, 5.74) is 3.71. The highest BCUT2D eigenvalue weighted by atomic mass is 32.1. The van der Waals surface area contributed by atoms with E-state index in [0.29, 0.717) is 26.4 Å². The molecule has 1 atom stereocenters. The summed E-state index contributed by atoms with van der Waals surface area (Å²) >= 11 is 1.27. The van der Waals surface area contributed by atoms with Gasteiger partial charge in [0, 0.05) is 41.3 Å². The molecular weight excluding hydrogens is 612 g/mol. The van der Waals surface area contributed by atoms with Crippen molar-refractivity contribution in [3.8, 4) is 5.75 Å². The summed E-state index contributed by atoms with van der Waals surface area (Å²) in [5, 5.41) is 0.941. The Morgan fingerprint density at radius 1 is 0.979 bits per heavy atom. The molecule has 10 heteroatoms. The minimum absolute atomic E-state index is 0.0913. The Bertz CT molecular complexity index is 2190. The fourth-order valence-electron chi connectivity index (χ4n) is 6.42. The number of methoxy groups -OCH3 is 1. The van der Waals surface area contributed by atoms with Crippen LogP contribution in [0.15, 0.2) is 100 Å². The van der Waals surface area contributed by atoms with E-state index in [9.17, 15) is 14.4 Å². The summed E-state index contributed by atoms with van der Waals surface area (Å²) < 4.78 is 15.0. The molecule has 3 aromatic carbocycles. The summed E-state index contributed by atoms with van der Waals surface area (Å²) in [5.74, 6) is 0.218. The van der Waals surface area contributed by atoms with Gasteiger partial charge in [0.05, 0.1) is 35.6 Å². The molecule has 238 valence electrons. The van der Waals surface area contributed by atoms with E-state index < -0.39 is 12.0 Å². The van der Waals surface area contributed by atoms with E-state index in [1.165, 1.54) is 11.3 Å². The topological polar surface area (TPSA) is 95.1 Å². The molecule has 0 bridgehead atoms. The number of likely N-dealkylation sites (tertiary alicyclic amines) is 1. The molecule has 9 nitrogen and oxygen atoms in total. The number of para-hydroxylation sites is 1. The van der Waals surface area contributed by atoms with E-state index in [-0.39, 0.29) is 24.6 Å². The third kappa shape index (κ3) is 5.69. The minimum atomic E-state index is -0.784. The van der Waals surface area contributed by atoms with Gasteiger partial charge >= 0.3 is 5.97 Å². The summed E-state index contributed by atoms with van der Waals surface area (Å²) in [6.07, 6.45) is 5.87. The molecule has 2 aliphatic rings. The molecule has 0 saturated carbocycles. The number of ether oxygens (including phenoxy) is 2. The predicted molar refractivity (Wildman–Crippen MR) is 182 cm³/mol. The summed E-state index contributed by atoms with van der Waals surface area (Å²) in [4.78, 5) is 48.5. The highest BCUT2D eigenvalue weighted by Crippen LogP contribution is 2.35. The molecule has 47 heavy (non-hydrogen) atoms. The van der Waals surface area contributed by atoms with Crippen molar-refractivity contribution in [2.75, 3.05) is 26.8 Å². The van der Waals surface area contributed by atoms with Gasteiger partial charge in [-0.25, -0.2) is 9.79 Å². The fourth-order valence-corrected chi connectivity index (χ4v) is 7.41. The second-order valence-electron chi connectivity index (χ2n) is 11.5. The zero-order chi connectivity index (χ0) is 32.5. The number of nitrogens with zero attached hydrogens (tertiary/aromatic N) is 4. The number of carbonyl (C=O) groups excluding carboxylic acids is 2. The Hall–Kier alpha value is -5.22. The molecule has 0 radical (unpaired) electrons. The number of benzene rings is 3. The Balaban J connectivity index is 1.42. The average molecular weight is 647 g/mol. The van der Waals surface area contributed by atoms with E-state index in [0.717, 1.165) is 53.5 Å². The number of rotatable bonds is 8. The number of carbonyl (C=O) groups is 2. The summed E-state index contributed by atoms with van der Waals surface area (Å²) in [6.45, 7) is 3.75. The van der Waals surface area contributed by atoms with Crippen LogP contribution in [0.3, 0.4) is 0 Å². The average Bonchev–Trinajstić information content (AvgIpc) is 3.84. The van der Waals surface area contributed by atoms with Gasteiger partial charge in [0.25, 0.3) is 5.56 Å². The third-order valence-corrected chi connectivity index (χ3v) is 9.66. The number of fused-ring (bicyclic) bond motifs is 2. The van der Waals surface area contributed by atoms with Gasteiger partial charge in [0.2, 0.25) is 5.91 Å². The zero-order valence-corrected chi connectivity index (χ0v) is 27.0. The normalized spacial score (nSPS) is 16.3. The molecule has 1 fully saturated rings. The first-order valence-corrected chi connectivity index (χ1v) is 16.6. The van der Waals surface area contributed by atoms with Crippen LogP contribution in [0.5, 0.6) is 5.75 Å². The van der Waals surface area contributed by atoms with E-state index in [1.807, 2.05) is 101 Å². The number of hydrogen-bond donors (Lipinski definition) is 0. The maximum Gasteiger partial charge on any atom is 0.338 e. The zero-order valence-electron chi connectivity index (χ0n) is 26.2. The number of esters is 1. The maximum absolute atomic E-state index is 14.4. The van der Waals surface area contributed by atoms with Crippen LogP contribution in [-0.2, 0) is 20.9 Å². The molecule has 7 rings (SSSR count). The molecule has 5 aromatic rings. The fraction of sp³-hybridized carbons (Fsp3) is 0.243. The van der Waals surface area contributed by atoms with Gasteiger partial charge in [-0.1, -0.05) is 72.0 Å². The van der Waals surface area contributed by atoms with Crippen LogP contribution < -0.4 is 19.6 Å². The van der Waals surface area contributed by atoms with Gasteiger partial charge in [-0.3, -0.25) is 14.2 Å². The Labute approximate surface area is 275 Å². The second-order valence-corrected chi connectivity index (χ2v) is 12.5. The first-order chi connectivity index (χ1) is 23.0. The first-order valence-electron chi connectivity index (χ1n) is 15.7. The lowest BCUT2D eigenvalue weighted by Crippen LogP contribution is -2.40. The second kappa shape index (κ2) is 12.9. The number of hydrogen-bond acceptors (Lipinski definition) is 7. The lowest BCUT2D eigenvalue weighted by atomic mass is 9.93. The number of thiazole rings is 1. The largest absolute Gasteiger partial charge is 0.497 e. The molecule has 1 amide bonds. The van der Waals surface area contributed by atoms with Crippen molar-refractivity contribution in [2.24, 2.45) is 4.99 Å². The third-order valence-electron chi connectivity index (χ3n) is 8.68. The van der Waals surface area contributed by atoms with Crippen LogP contribution >= 0.6 is 11.3 Å². The van der Waals surface area contributed by atoms with Gasteiger partial charge in [-0.15, -0.1) is 0 Å². The Morgan fingerprint density at radius 3 is 2.43 bits per heavy atom. The van der Waals surface area contributed by atoms with E-state index in [1.54, 1.807) is 18.6 Å². The lowest BCUT2D eigenvalue weighted by Gasteiger charge is -2.26. The van der Waals surface area contributed by atoms with Crippen LogP contribution in [0.4, 0.5) is 0 Å².